The smallest absolute Gasteiger partial charge is 0.219 e. The van der Waals surface area contributed by atoms with Gasteiger partial charge in [-0.3, -0.25) is 4.79 Å². The van der Waals surface area contributed by atoms with E-state index in [1.165, 1.54) is 11.1 Å². The summed E-state index contributed by atoms with van der Waals surface area (Å²) in [6, 6.07) is 14.5. The Morgan fingerprint density at radius 1 is 1.17 bits per heavy atom. The Morgan fingerprint density at radius 2 is 2.00 bits per heavy atom. The maximum absolute atomic E-state index is 11.7. The molecule has 0 saturated carbocycles. The number of hydrogen-bond donors (Lipinski definition) is 1. The Kier molecular flexibility index (Phi) is 7.28. The first-order valence-electron chi connectivity index (χ1n) is 10.5. The first kappa shape index (κ1) is 20.9. The fourth-order valence-corrected chi connectivity index (χ4v) is 3.56. The average Bonchev–Trinajstić information content (AvgIpc) is 3.04. The molecule has 0 fully saturated rings. The zero-order chi connectivity index (χ0) is 20.6. The molecule has 0 radical (unpaired) electrons. The molecule has 3 rings (SSSR count). The third-order valence-electron chi connectivity index (χ3n) is 5.00. The van der Waals surface area contributed by atoms with E-state index in [1.807, 2.05) is 31.2 Å². The predicted octanol–water partition coefficient (Wildman–Crippen LogP) is 4.58. The van der Waals surface area contributed by atoms with Gasteiger partial charge in [0.25, 0.3) is 0 Å². The number of aromatic nitrogens is 2. The van der Waals surface area contributed by atoms with Gasteiger partial charge < -0.3 is 14.6 Å². The summed E-state index contributed by atoms with van der Waals surface area (Å²) in [6.45, 7) is 8.29. The van der Waals surface area contributed by atoms with Crippen molar-refractivity contribution >= 4 is 16.9 Å². The van der Waals surface area contributed by atoms with E-state index in [2.05, 4.69) is 41.9 Å². The number of para-hydroxylation sites is 2. The third kappa shape index (κ3) is 5.59. The standard InChI is InChI=1S/C24H31N3O2/c1-4-8-24(28)25-14-13-23-26-20-9-5-6-10-21(20)27(23)15-7-16-29-22-12-11-18(2)17-19(22)3/h5-6,9-12,17H,4,7-8,13-16H2,1-3H3,(H,25,28). The van der Waals surface area contributed by atoms with Crippen LogP contribution in [-0.4, -0.2) is 28.6 Å². The molecule has 3 aromatic rings. The van der Waals surface area contributed by atoms with Crippen molar-refractivity contribution in [1.82, 2.24) is 14.9 Å². The SMILES string of the molecule is CCCC(=O)NCCc1nc2ccccc2n1CCCOc1ccc(C)cc1C. The van der Waals surface area contributed by atoms with Gasteiger partial charge in [-0.1, -0.05) is 36.8 Å². The van der Waals surface area contributed by atoms with Crippen molar-refractivity contribution in [3.05, 3.63) is 59.4 Å². The van der Waals surface area contributed by atoms with E-state index >= 15 is 0 Å². The minimum Gasteiger partial charge on any atom is -0.493 e. The highest BCUT2D eigenvalue weighted by molar-refractivity contribution is 5.76. The van der Waals surface area contributed by atoms with Gasteiger partial charge in [-0.05, 0) is 50.5 Å². The average molecular weight is 394 g/mol. The number of imidazole rings is 1. The van der Waals surface area contributed by atoms with Gasteiger partial charge in [0.2, 0.25) is 5.91 Å². The van der Waals surface area contributed by atoms with Crippen LogP contribution < -0.4 is 10.1 Å². The lowest BCUT2D eigenvalue weighted by molar-refractivity contribution is -0.121. The fraction of sp³-hybridized carbons (Fsp3) is 0.417. The van der Waals surface area contributed by atoms with E-state index in [-0.39, 0.29) is 5.91 Å². The Morgan fingerprint density at radius 3 is 2.79 bits per heavy atom. The van der Waals surface area contributed by atoms with Crippen molar-refractivity contribution in [2.75, 3.05) is 13.2 Å². The van der Waals surface area contributed by atoms with Crippen molar-refractivity contribution in [2.24, 2.45) is 0 Å². The van der Waals surface area contributed by atoms with Crippen LogP contribution >= 0.6 is 0 Å². The normalized spacial score (nSPS) is 11.0. The highest BCUT2D eigenvalue weighted by Gasteiger charge is 2.11. The number of fused-ring (bicyclic) bond motifs is 1. The van der Waals surface area contributed by atoms with Crippen molar-refractivity contribution in [3.8, 4) is 5.75 Å². The number of aryl methyl sites for hydroxylation is 3. The number of carbonyl (C=O) groups excluding carboxylic acids is 1. The second-order valence-corrected chi connectivity index (χ2v) is 7.49. The zero-order valence-electron chi connectivity index (χ0n) is 17.7. The van der Waals surface area contributed by atoms with Gasteiger partial charge in [0.05, 0.1) is 17.6 Å². The summed E-state index contributed by atoms with van der Waals surface area (Å²) < 4.78 is 8.25. The van der Waals surface area contributed by atoms with Crippen molar-refractivity contribution in [3.63, 3.8) is 0 Å². The van der Waals surface area contributed by atoms with Crippen LogP contribution in [0.15, 0.2) is 42.5 Å². The molecule has 0 bridgehead atoms. The molecular formula is C24H31N3O2. The summed E-state index contributed by atoms with van der Waals surface area (Å²) in [7, 11) is 0. The fourth-order valence-electron chi connectivity index (χ4n) is 3.56. The molecule has 5 nitrogen and oxygen atoms in total. The van der Waals surface area contributed by atoms with Crippen molar-refractivity contribution in [2.45, 2.75) is 53.0 Å². The Hall–Kier alpha value is -2.82. The zero-order valence-corrected chi connectivity index (χ0v) is 17.7. The van der Waals surface area contributed by atoms with Gasteiger partial charge in [0.15, 0.2) is 0 Å². The van der Waals surface area contributed by atoms with Crippen LogP contribution in [0.5, 0.6) is 5.75 Å². The van der Waals surface area contributed by atoms with Crippen LogP contribution in [-0.2, 0) is 17.8 Å². The van der Waals surface area contributed by atoms with Crippen LogP contribution in [0.3, 0.4) is 0 Å². The van der Waals surface area contributed by atoms with Crippen molar-refractivity contribution < 1.29 is 9.53 Å². The molecular weight excluding hydrogens is 362 g/mol. The number of ether oxygens (including phenoxy) is 1. The molecule has 1 N–H and O–H groups in total. The minimum atomic E-state index is 0.108. The van der Waals surface area contributed by atoms with Gasteiger partial charge in [0, 0.05) is 25.9 Å². The first-order chi connectivity index (χ1) is 14.1. The molecule has 0 aliphatic carbocycles. The Labute approximate surface area is 173 Å². The molecule has 0 atom stereocenters. The van der Waals surface area contributed by atoms with E-state index < -0.39 is 0 Å². The molecule has 0 aliphatic rings. The van der Waals surface area contributed by atoms with Gasteiger partial charge >= 0.3 is 0 Å². The number of carbonyl (C=O) groups is 1. The molecule has 154 valence electrons. The number of benzene rings is 2. The lowest BCUT2D eigenvalue weighted by Gasteiger charge is -2.12. The van der Waals surface area contributed by atoms with Crippen LogP contribution in [0.4, 0.5) is 0 Å². The van der Waals surface area contributed by atoms with Gasteiger partial charge in [-0.25, -0.2) is 4.98 Å². The third-order valence-corrected chi connectivity index (χ3v) is 5.00. The second kappa shape index (κ2) is 10.1. The maximum atomic E-state index is 11.7. The molecule has 1 aromatic heterocycles. The molecule has 0 aliphatic heterocycles. The number of amides is 1. The number of rotatable bonds is 10. The van der Waals surface area contributed by atoms with Crippen LogP contribution in [0.2, 0.25) is 0 Å². The van der Waals surface area contributed by atoms with E-state index in [4.69, 9.17) is 9.72 Å². The molecule has 1 heterocycles. The van der Waals surface area contributed by atoms with E-state index in [9.17, 15) is 4.79 Å². The van der Waals surface area contributed by atoms with Crippen LogP contribution in [0.25, 0.3) is 11.0 Å². The van der Waals surface area contributed by atoms with E-state index in [0.717, 1.165) is 48.4 Å². The Balaban J connectivity index is 1.61. The first-order valence-corrected chi connectivity index (χ1v) is 10.5. The highest BCUT2D eigenvalue weighted by atomic mass is 16.5. The van der Waals surface area contributed by atoms with Crippen LogP contribution in [0, 0.1) is 13.8 Å². The monoisotopic (exact) mass is 393 g/mol. The largest absolute Gasteiger partial charge is 0.493 e. The highest BCUT2D eigenvalue weighted by Crippen LogP contribution is 2.20. The minimum absolute atomic E-state index is 0.108. The van der Waals surface area contributed by atoms with Gasteiger partial charge in [-0.15, -0.1) is 0 Å². The molecule has 0 spiro atoms. The number of hydrogen-bond acceptors (Lipinski definition) is 3. The molecule has 1 amide bonds. The maximum Gasteiger partial charge on any atom is 0.219 e. The summed E-state index contributed by atoms with van der Waals surface area (Å²) in [5, 5.41) is 2.99. The lowest BCUT2D eigenvalue weighted by atomic mass is 10.1. The van der Waals surface area contributed by atoms with Gasteiger partial charge in [0.1, 0.15) is 11.6 Å². The molecule has 5 heteroatoms. The summed E-state index contributed by atoms with van der Waals surface area (Å²) in [5.74, 6) is 2.07. The second-order valence-electron chi connectivity index (χ2n) is 7.49. The summed E-state index contributed by atoms with van der Waals surface area (Å²) in [6.07, 6.45) is 3.06. The van der Waals surface area contributed by atoms with Crippen LogP contribution in [0.1, 0.15) is 43.1 Å². The predicted molar refractivity (Wildman–Crippen MR) is 117 cm³/mol. The molecule has 0 saturated heterocycles. The van der Waals surface area contributed by atoms with Gasteiger partial charge in [-0.2, -0.15) is 0 Å². The quantitative estimate of drug-likeness (QED) is 0.513. The summed E-state index contributed by atoms with van der Waals surface area (Å²) in [4.78, 5) is 16.5. The summed E-state index contributed by atoms with van der Waals surface area (Å²) >= 11 is 0. The van der Waals surface area contributed by atoms with Crippen molar-refractivity contribution in [1.29, 1.82) is 0 Å². The topological polar surface area (TPSA) is 56.2 Å². The summed E-state index contributed by atoms with van der Waals surface area (Å²) in [5.41, 5.74) is 4.54. The Bertz CT molecular complexity index is 962. The number of nitrogens with zero attached hydrogens (tertiary/aromatic N) is 2. The van der Waals surface area contributed by atoms with E-state index in [0.29, 0.717) is 19.6 Å². The van der Waals surface area contributed by atoms with E-state index in [1.54, 1.807) is 0 Å². The number of nitrogens with one attached hydrogen (secondary N) is 1. The molecule has 2 aromatic carbocycles. The molecule has 0 unspecified atom stereocenters. The lowest BCUT2D eigenvalue weighted by Crippen LogP contribution is -2.26. The molecule has 29 heavy (non-hydrogen) atoms.